The van der Waals surface area contributed by atoms with Crippen LogP contribution in [0.2, 0.25) is 0 Å². The molecule has 15 heavy (non-hydrogen) atoms. The normalized spacial score (nSPS) is 12.2. The third kappa shape index (κ3) is 4.15. The van der Waals surface area contributed by atoms with Gasteiger partial charge in [-0.2, -0.15) is 0 Å². The second kappa shape index (κ2) is 5.54. The molecule has 0 heterocycles. The van der Waals surface area contributed by atoms with E-state index in [1.807, 2.05) is 38.1 Å². The van der Waals surface area contributed by atoms with Crippen molar-refractivity contribution in [2.75, 3.05) is 0 Å². The summed E-state index contributed by atoms with van der Waals surface area (Å²) in [5.74, 6) is 0.105. The van der Waals surface area contributed by atoms with Gasteiger partial charge in [0.15, 0.2) is 0 Å². The summed E-state index contributed by atoms with van der Waals surface area (Å²) in [4.78, 5) is 11.6. The summed E-state index contributed by atoms with van der Waals surface area (Å²) in [6.07, 6.45) is 1.45. The molecule has 1 aromatic rings. The maximum absolute atomic E-state index is 11.6. The van der Waals surface area contributed by atoms with Crippen molar-refractivity contribution in [3.63, 3.8) is 0 Å². The molecular formula is C13H19NO. The van der Waals surface area contributed by atoms with Crippen molar-refractivity contribution >= 4 is 5.91 Å². The van der Waals surface area contributed by atoms with Gasteiger partial charge in [0.25, 0.3) is 0 Å². The van der Waals surface area contributed by atoms with Gasteiger partial charge in [-0.05, 0) is 25.8 Å². The number of benzene rings is 1. The van der Waals surface area contributed by atoms with Crippen LogP contribution < -0.4 is 5.32 Å². The van der Waals surface area contributed by atoms with E-state index in [0.717, 1.165) is 12.0 Å². The van der Waals surface area contributed by atoms with E-state index >= 15 is 0 Å². The summed E-state index contributed by atoms with van der Waals surface area (Å²) in [7, 11) is 0. The van der Waals surface area contributed by atoms with Gasteiger partial charge in [0, 0.05) is 6.04 Å². The van der Waals surface area contributed by atoms with Crippen LogP contribution in [-0.4, -0.2) is 11.9 Å². The van der Waals surface area contributed by atoms with E-state index in [4.69, 9.17) is 0 Å². The number of amides is 1. The molecule has 1 N–H and O–H groups in total. The summed E-state index contributed by atoms with van der Waals surface area (Å²) in [5.41, 5.74) is 2.29. The van der Waals surface area contributed by atoms with Crippen LogP contribution in [0, 0.1) is 6.92 Å². The van der Waals surface area contributed by atoms with E-state index in [-0.39, 0.29) is 11.9 Å². The fourth-order valence-corrected chi connectivity index (χ4v) is 1.32. The fourth-order valence-electron chi connectivity index (χ4n) is 1.32. The molecule has 0 fully saturated rings. The number of hydrogen-bond acceptors (Lipinski definition) is 1. The lowest BCUT2D eigenvalue weighted by molar-refractivity contribution is -0.121. The summed E-state index contributed by atoms with van der Waals surface area (Å²) in [5, 5.41) is 2.95. The van der Waals surface area contributed by atoms with Crippen LogP contribution in [0.4, 0.5) is 0 Å². The minimum atomic E-state index is 0.105. The van der Waals surface area contributed by atoms with Gasteiger partial charge in [-0.25, -0.2) is 0 Å². The largest absolute Gasteiger partial charge is 0.353 e. The summed E-state index contributed by atoms with van der Waals surface area (Å²) < 4.78 is 0. The summed E-state index contributed by atoms with van der Waals surface area (Å²) >= 11 is 0. The van der Waals surface area contributed by atoms with Gasteiger partial charge in [0.1, 0.15) is 0 Å². The van der Waals surface area contributed by atoms with Crippen molar-refractivity contribution in [1.82, 2.24) is 5.32 Å². The fraction of sp³-hybridized carbons (Fsp3) is 0.462. The van der Waals surface area contributed by atoms with Gasteiger partial charge in [-0.1, -0.05) is 36.8 Å². The first-order valence-corrected chi connectivity index (χ1v) is 5.46. The summed E-state index contributed by atoms with van der Waals surface area (Å²) in [6, 6.07) is 8.34. The minimum absolute atomic E-state index is 0.105. The van der Waals surface area contributed by atoms with Gasteiger partial charge in [-0.15, -0.1) is 0 Å². The molecule has 0 aliphatic heterocycles. The first-order valence-electron chi connectivity index (χ1n) is 5.46. The third-order valence-electron chi connectivity index (χ3n) is 2.51. The van der Waals surface area contributed by atoms with E-state index in [9.17, 15) is 4.79 Å². The Labute approximate surface area is 91.7 Å². The molecule has 0 unspecified atom stereocenters. The SMILES string of the molecule is CC[C@@H](C)NC(=O)Cc1ccc(C)cc1. The first-order chi connectivity index (χ1) is 7.11. The number of hydrogen-bond donors (Lipinski definition) is 1. The van der Waals surface area contributed by atoms with Crippen LogP contribution in [0.15, 0.2) is 24.3 Å². The molecule has 2 nitrogen and oxygen atoms in total. The molecule has 1 aromatic carbocycles. The maximum atomic E-state index is 11.6. The van der Waals surface area contributed by atoms with Gasteiger partial charge < -0.3 is 5.32 Å². The van der Waals surface area contributed by atoms with E-state index in [0.29, 0.717) is 6.42 Å². The van der Waals surface area contributed by atoms with Crippen molar-refractivity contribution in [2.45, 2.75) is 39.7 Å². The predicted molar refractivity (Wildman–Crippen MR) is 62.8 cm³/mol. The van der Waals surface area contributed by atoms with Gasteiger partial charge in [-0.3, -0.25) is 4.79 Å². The van der Waals surface area contributed by atoms with Crippen LogP contribution in [0.1, 0.15) is 31.4 Å². The van der Waals surface area contributed by atoms with Crippen molar-refractivity contribution in [3.05, 3.63) is 35.4 Å². The lowest BCUT2D eigenvalue weighted by atomic mass is 10.1. The van der Waals surface area contributed by atoms with Crippen molar-refractivity contribution in [1.29, 1.82) is 0 Å². The number of carbonyl (C=O) groups is 1. The molecule has 0 bridgehead atoms. The van der Waals surface area contributed by atoms with Gasteiger partial charge >= 0.3 is 0 Å². The topological polar surface area (TPSA) is 29.1 Å². The number of aryl methyl sites for hydroxylation is 1. The lowest BCUT2D eigenvalue weighted by Gasteiger charge is -2.11. The van der Waals surface area contributed by atoms with Crippen LogP contribution in [0.3, 0.4) is 0 Å². The smallest absolute Gasteiger partial charge is 0.224 e. The highest BCUT2D eigenvalue weighted by Crippen LogP contribution is 2.04. The monoisotopic (exact) mass is 205 g/mol. The molecule has 0 saturated carbocycles. The molecule has 2 heteroatoms. The zero-order valence-electron chi connectivity index (χ0n) is 9.71. The molecule has 1 rings (SSSR count). The maximum Gasteiger partial charge on any atom is 0.224 e. The van der Waals surface area contributed by atoms with Crippen LogP contribution in [-0.2, 0) is 11.2 Å². The quantitative estimate of drug-likeness (QED) is 0.803. The molecule has 82 valence electrons. The zero-order chi connectivity index (χ0) is 11.3. The van der Waals surface area contributed by atoms with Crippen LogP contribution >= 0.6 is 0 Å². The second-order valence-corrected chi connectivity index (χ2v) is 4.04. The van der Waals surface area contributed by atoms with Crippen LogP contribution in [0.25, 0.3) is 0 Å². The Morgan fingerprint density at radius 1 is 1.33 bits per heavy atom. The Balaban J connectivity index is 2.48. The Hall–Kier alpha value is -1.31. The Bertz CT molecular complexity index is 316. The number of nitrogens with one attached hydrogen (secondary N) is 1. The number of carbonyl (C=O) groups excluding carboxylic acids is 1. The highest BCUT2D eigenvalue weighted by Gasteiger charge is 2.05. The zero-order valence-corrected chi connectivity index (χ0v) is 9.71. The molecule has 1 amide bonds. The third-order valence-corrected chi connectivity index (χ3v) is 2.51. The predicted octanol–water partition coefficient (Wildman–Crippen LogP) is 2.45. The number of rotatable bonds is 4. The Morgan fingerprint density at radius 3 is 2.47 bits per heavy atom. The second-order valence-electron chi connectivity index (χ2n) is 4.04. The van der Waals surface area contributed by atoms with Crippen molar-refractivity contribution in [3.8, 4) is 0 Å². The van der Waals surface area contributed by atoms with E-state index in [1.165, 1.54) is 5.56 Å². The molecule has 0 aliphatic rings. The van der Waals surface area contributed by atoms with E-state index < -0.39 is 0 Å². The molecule has 0 spiro atoms. The standard InChI is InChI=1S/C13H19NO/c1-4-11(3)14-13(15)9-12-7-5-10(2)6-8-12/h5-8,11H,4,9H2,1-3H3,(H,14,15)/t11-/m1/s1. The Morgan fingerprint density at radius 2 is 1.93 bits per heavy atom. The van der Waals surface area contributed by atoms with Crippen molar-refractivity contribution in [2.24, 2.45) is 0 Å². The Kier molecular flexibility index (Phi) is 4.35. The van der Waals surface area contributed by atoms with Crippen LogP contribution in [0.5, 0.6) is 0 Å². The lowest BCUT2D eigenvalue weighted by Crippen LogP contribution is -2.33. The highest BCUT2D eigenvalue weighted by molar-refractivity contribution is 5.78. The van der Waals surface area contributed by atoms with Gasteiger partial charge in [0.05, 0.1) is 6.42 Å². The average Bonchev–Trinajstić information content (AvgIpc) is 2.21. The van der Waals surface area contributed by atoms with Crippen molar-refractivity contribution < 1.29 is 4.79 Å². The molecule has 0 aromatic heterocycles. The average molecular weight is 205 g/mol. The molecule has 0 radical (unpaired) electrons. The summed E-state index contributed by atoms with van der Waals surface area (Å²) in [6.45, 7) is 6.13. The molecule has 0 aliphatic carbocycles. The van der Waals surface area contributed by atoms with Gasteiger partial charge in [0.2, 0.25) is 5.91 Å². The molecule has 1 atom stereocenters. The van der Waals surface area contributed by atoms with E-state index in [2.05, 4.69) is 12.2 Å². The molecule has 0 saturated heterocycles. The van der Waals surface area contributed by atoms with E-state index in [1.54, 1.807) is 0 Å². The minimum Gasteiger partial charge on any atom is -0.353 e. The molecular weight excluding hydrogens is 186 g/mol. The highest BCUT2D eigenvalue weighted by atomic mass is 16.1. The first kappa shape index (κ1) is 11.8.